The van der Waals surface area contributed by atoms with Crippen molar-refractivity contribution in [1.82, 2.24) is 4.90 Å². The normalized spacial score (nSPS) is 17.4. The monoisotopic (exact) mass is 393 g/mol. The van der Waals surface area contributed by atoms with E-state index in [-0.39, 0.29) is 5.97 Å². The zero-order valence-electron chi connectivity index (χ0n) is 16.7. The van der Waals surface area contributed by atoms with Crippen LogP contribution in [-0.4, -0.2) is 37.6 Å². The number of nitrogens with zero attached hydrogens (tertiary/aromatic N) is 1. The molecule has 1 aromatic heterocycles. The molecule has 3 nitrogen and oxygen atoms in total. The zero-order valence-corrected chi connectivity index (χ0v) is 17.5. The highest BCUT2D eigenvalue weighted by Gasteiger charge is 2.24. The van der Waals surface area contributed by atoms with E-state index in [0.29, 0.717) is 6.61 Å². The maximum absolute atomic E-state index is 11.7. The first-order valence-corrected chi connectivity index (χ1v) is 10.9. The molecule has 1 saturated heterocycles. The molecule has 4 rings (SSSR count). The molecule has 2 aromatic rings. The lowest BCUT2D eigenvalue weighted by Crippen LogP contribution is -2.27. The van der Waals surface area contributed by atoms with Gasteiger partial charge < -0.3 is 9.64 Å². The number of likely N-dealkylation sites (tertiary alicyclic amines) is 1. The van der Waals surface area contributed by atoms with Crippen molar-refractivity contribution in [2.24, 2.45) is 0 Å². The van der Waals surface area contributed by atoms with Gasteiger partial charge in [0.2, 0.25) is 0 Å². The van der Waals surface area contributed by atoms with Gasteiger partial charge in [-0.25, -0.2) is 4.79 Å². The van der Waals surface area contributed by atoms with Gasteiger partial charge in [-0.15, -0.1) is 11.3 Å². The topological polar surface area (TPSA) is 29.5 Å². The first-order chi connectivity index (χ1) is 13.7. The molecule has 2 heterocycles. The van der Waals surface area contributed by atoms with Gasteiger partial charge in [-0.1, -0.05) is 29.8 Å². The van der Waals surface area contributed by atoms with Crippen molar-refractivity contribution in [3.63, 3.8) is 0 Å². The molecular formula is C24H27NO2S. The first kappa shape index (κ1) is 19.2. The van der Waals surface area contributed by atoms with E-state index >= 15 is 0 Å². The van der Waals surface area contributed by atoms with Crippen LogP contribution in [0.1, 0.15) is 46.2 Å². The Bertz CT molecular complexity index is 928. The molecule has 0 saturated carbocycles. The molecule has 1 fully saturated rings. The Morgan fingerprint density at radius 1 is 1.14 bits per heavy atom. The quantitative estimate of drug-likeness (QED) is 0.546. The highest BCUT2D eigenvalue weighted by molar-refractivity contribution is 7.13. The van der Waals surface area contributed by atoms with Gasteiger partial charge in [-0.3, -0.25) is 0 Å². The van der Waals surface area contributed by atoms with Gasteiger partial charge in [0.15, 0.2) is 0 Å². The summed E-state index contributed by atoms with van der Waals surface area (Å²) in [5.74, 6) is -0.273. The number of carbonyl (C=O) groups is 1. The number of aryl methyl sites for hydroxylation is 2. The molecule has 2 aliphatic rings. The third-order valence-electron chi connectivity index (χ3n) is 5.62. The summed E-state index contributed by atoms with van der Waals surface area (Å²) < 4.78 is 5.02. The second-order valence-electron chi connectivity index (χ2n) is 7.51. The molecular weight excluding hydrogens is 366 g/mol. The minimum atomic E-state index is -0.273. The second-order valence-corrected chi connectivity index (χ2v) is 8.68. The van der Waals surface area contributed by atoms with Crippen LogP contribution in [0.25, 0.3) is 11.6 Å². The number of hydrogen-bond acceptors (Lipinski definition) is 4. The van der Waals surface area contributed by atoms with Crippen LogP contribution < -0.4 is 0 Å². The Morgan fingerprint density at radius 2 is 1.93 bits per heavy atom. The molecule has 28 heavy (non-hydrogen) atoms. The van der Waals surface area contributed by atoms with Gasteiger partial charge in [0, 0.05) is 28.9 Å². The summed E-state index contributed by atoms with van der Waals surface area (Å²) in [7, 11) is 2.21. The van der Waals surface area contributed by atoms with Gasteiger partial charge in [0.1, 0.15) is 0 Å². The molecule has 0 spiro atoms. The summed E-state index contributed by atoms with van der Waals surface area (Å²) in [5, 5.41) is 0. The number of fused-ring (bicyclic) bond motifs is 2. The van der Waals surface area contributed by atoms with Gasteiger partial charge in [-0.05, 0) is 74.1 Å². The molecule has 0 bridgehead atoms. The fraction of sp³-hybridized carbons (Fsp3) is 0.375. The molecule has 0 radical (unpaired) electrons. The third kappa shape index (κ3) is 3.98. The van der Waals surface area contributed by atoms with E-state index in [1.807, 2.05) is 24.3 Å². The van der Waals surface area contributed by atoms with Crippen molar-refractivity contribution in [3.05, 3.63) is 68.4 Å². The Hall–Kier alpha value is -2.17. The standard InChI is InChI=1S/C24H27NO2S/c1-3-27-23(26)11-9-19-16-21-22(28-19)10-8-17-6-4-5-7-20(17)24(21)18-12-14-25(2)15-13-18/h4-7,9,11,16H,3,8,10,12-15H2,1-2H3. The van der Waals surface area contributed by atoms with Crippen LogP contribution in [0.3, 0.4) is 0 Å². The highest BCUT2D eigenvalue weighted by Crippen LogP contribution is 2.41. The first-order valence-electron chi connectivity index (χ1n) is 10.1. The summed E-state index contributed by atoms with van der Waals surface area (Å²) in [6.45, 7) is 4.48. The van der Waals surface area contributed by atoms with Crippen molar-refractivity contribution in [2.75, 3.05) is 26.7 Å². The fourth-order valence-electron chi connectivity index (χ4n) is 4.16. The lowest BCUT2D eigenvalue weighted by molar-refractivity contribution is -0.137. The zero-order chi connectivity index (χ0) is 19.5. The summed E-state index contributed by atoms with van der Waals surface area (Å²) in [6, 6.07) is 11.2. The highest BCUT2D eigenvalue weighted by atomic mass is 32.1. The van der Waals surface area contributed by atoms with Crippen LogP contribution in [0.15, 0.2) is 42.0 Å². The van der Waals surface area contributed by atoms with Crippen LogP contribution in [0, 0.1) is 0 Å². The predicted octanol–water partition coefficient (Wildman–Crippen LogP) is 4.95. The van der Waals surface area contributed by atoms with Gasteiger partial charge in [0.25, 0.3) is 0 Å². The molecule has 1 aliphatic heterocycles. The number of esters is 1. The number of benzene rings is 1. The Morgan fingerprint density at radius 3 is 2.71 bits per heavy atom. The number of ether oxygens (including phenoxy) is 1. The molecule has 1 aliphatic carbocycles. The predicted molar refractivity (Wildman–Crippen MR) is 117 cm³/mol. The van der Waals surface area contributed by atoms with E-state index < -0.39 is 0 Å². The number of rotatable bonds is 3. The average molecular weight is 394 g/mol. The number of hydrogen-bond donors (Lipinski definition) is 0. The SMILES string of the molecule is CCOC(=O)C=Cc1cc2c(s1)CCc1ccccc1C2=C1CCN(C)CC1. The van der Waals surface area contributed by atoms with Crippen molar-refractivity contribution in [1.29, 1.82) is 0 Å². The molecule has 0 N–H and O–H groups in total. The van der Waals surface area contributed by atoms with Crippen LogP contribution in [0.2, 0.25) is 0 Å². The van der Waals surface area contributed by atoms with Crippen LogP contribution in [0.5, 0.6) is 0 Å². The van der Waals surface area contributed by atoms with E-state index in [0.717, 1.165) is 43.6 Å². The second kappa shape index (κ2) is 8.46. The summed E-state index contributed by atoms with van der Waals surface area (Å²) in [6.07, 6.45) is 7.83. The smallest absolute Gasteiger partial charge is 0.330 e. The van der Waals surface area contributed by atoms with Crippen molar-refractivity contribution in [3.8, 4) is 0 Å². The number of piperidine rings is 1. The molecule has 0 amide bonds. The Balaban J connectivity index is 1.77. The number of carbonyl (C=O) groups excluding carboxylic acids is 1. The fourth-order valence-corrected chi connectivity index (χ4v) is 5.24. The third-order valence-corrected chi connectivity index (χ3v) is 6.78. The minimum Gasteiger partial charge on any atom is -0.463 e. The van der Waals surface area contributed by atoms with Crippen LogP contribution in [-0.2, 0) is 22.4 Å². The van der Waals surface area contributed by atoms with Crippen molar-refractivity contribution >= 4 is 29.0 Å². The molecule has 0 atom stereocenters. The van der Waals surface area contributed by atoms with Crippen molar-refractivity contribution < 1.29 is 9.53 Å². The molecule has 1 aromatic carbocycles. The Labute approximate surface area is 171 Å². The van der Waals surface area contributed by atoms with E-state index in [9.17, 15) is 4.79 Å². The van der Waals surface area contributed by atoms with Gasteiger partial charge >= 0.3 is 5.97 Å². The minimum absolute atomic E-state index is 0.273. The van der Waals surface area contributed by atoms with E-state index in [1.165, 1.54) is 27.1 Å². The molecule has 4 heteroatoms. The van der Waals surface area contributed by atoms with Crippen LogP contribution >= 0.6 is 11.3 Å². The van der Waals surface area contributed by atoms with E-state index in [2.05, 4.69) is 42.3 Å². The summed E-state index contributed by atoms with van der Waals surface area (Å²) in [5.41, 5.74) is 7.25. The number of thiophene rings is 1. The van der Waals surface area contributed by atoms with E-state index in [4.69, 9.17) is 4.74 Å². The van der Waals surface area contributed by atoms with E-state index in [1.54, 1.807) is 11.6 Å². The lowest BCUT2D eigenvalue weighted by Gasteiger charge is -2.27. The Kier molecular flexibility index (Phi) is 5.79. The van der Waals surface area contributed by atoms with Gasteiger partial charge in [-0.2, -0.15) is 0 Å². The van der Waals surface area contributed by atoms with Crippen LogP contribution in [0.4, 0.5) is 0 Å². The summed E-state index contributed by atoms with van der Waals surface area (Å²) >= 11 is 1.81. The van der Waals surface area contributed by atoms with Gasteiger partial charge in [0.05, 0.1) is 6.61 Å². The maximum atomic E-state index is 11.7. The molecule has 0 unspecified atom stereocenters. The average Bonchev–Trinajstić information content (AvgIpc) is 3.04. The summed E-state index contributed by atoms with van der Waals surface area (Å²) in [4.78, 5) is 16.7. The maximum Gasteiger partial charge on any atom is 0.330 e. The lowest BCUT2D eigenvalue weighted by atomic mass is 9.87. The molecule has 146 valence electrons. The largest absolute Gasteiger partial charge is 0.463 e. The van der Waals surface area contributed by atoms with Crippen molar-refractivity contribution in [2.45, 2.75) is 32.6 Å².